The molecule has 0 radical (unpaired) electrons. The Bertz CT molecular complexity index is 1710. The summed E-state index contributed by atoms with van der Waals surface area (Å²) >= 11 is 0. The van der Waals surface area contributed by atoms with Gasteiger partial charge in [0.2, 0.25) is 17.6 Å². The number of alkyl halides is 3. The molecule has 1 heterocycles. The van der Waals surface area contributed by atoms with Crippen molar-refractivity contribution in [1.29, 1.82) is 0 Å². The lowest BCUT2D eigenvalue weighted by Gasteiger charge is -2.31. The highest BCUT2D eigenvalue weighted by Gasteiger charge is 2.55. The van der Waals surface area contributed by atoms with Gasteiger partial charge < -0.3 is 34.7 Å². The van der Waals surface area contributed by atoms with E-state index >= 15 is 0 Å². The fourth-order valence-electron chi connectivity index (χ4n) is 5.58. The van der Waals surface area contributed by atoms with Crippen molar-refractivity contribution >= 4 is 29.8 Å². The molecule has 0 aromatic heterocycles. The normalized spacial score (nSPS) is 19.5. The highest BCUT2D eigenvalue weighted by molar-refractivity contribution is 5.94. The first kappa shape index (κ1) is 37.0. The second kappa shape index (κ2) is 16.6. The van der Waals surface area contributed by atoms with Gasteiger partial charge in [-0.1, -0.05) is 72.8 Å². The van der Waals surface area contributed by atoms with Crippen LogP contribution in [-0.4, -0.2) is 79.7 Å². The van der Waals surface area contributed by atoms with Gasteiger partial charge in [-0.15, -0.1) is 0 Å². The maximum Gasteiger partial charge on any atom is 0.422 e. The van der Waals surface area contributed by atoms with Gasteiger partial charge in [-0.05, 0) is 29.8 Å². The minimum Gasteiger partial charge on any atom is -0.456 e. The number of amides is 2. The molecule has 3 aromatic rings. The van der Waals surface area contributed by atoms with Crippen LogP contribution in [0.3, 0.4) is 0 Å². The first-order valence-electron chi connectivity index (χ1n) is 16.0. The van der Waals surface area contributed by atoms with Crippen LogP contribution in [0.15, 0.2) is 103 Å². The summed E-state index contributed by atoms with van der Waals surface area (Å²) in [6, 6.07) is 24.2. The molecule has 3 N–H and O–H groups in total. The summed E-state index contributed by atoms with van der Waals surface area (Å²) in [6.07, 6.45) is -3.69. The smallest absolute Gasteiger partial charge is 0.422 e. The molecule has 14 heteroatoms. The third-order valence-electron chi connectivity index (χ3n) is 7.95. The number of hydrogen-bond acceptors (Lipinski definition) is 9. The molecule has 3 atom stereocenters. The number of hydrogen-bond donors (Lipinski definition) is 3. The zero-order chi connectivity index (χ0) is 36.4. The lowest BCUT2D eigenvalue weighted by atomic mass is 9.91. The molecule has 0 unspecified atom stereocenters. The summed E-state index contributed by atoms with van der Waals surface area (Å²) in [5, 5.41) is 14.1. The van der Waals surface area contributed by atoms with Gasteiger partial charge in [0.1, 0.15) is 18.3 Å². The van der Waals surface area contributed by atoms with Crippen molar-refractivity contribution in [1.82, 2.24) is 10.6 Å². The molecule has 11 nitrogen and oxygen atoms in total. The van der Waals surface area contributed by atoms with Gasteiger partial charge in [0.05, 0.1) is 12.2 Å². The van der Waals surface area contributed by atoms with Crippen molar-refractivity contribution in [3.8, 4) is 0 Å². The van der Waals surface area contributed by atoms with E-state index < -0.39 is 54.7 Å². The summed E-state index contributed by atoms with van der Waals surface area (Å²) in [4.78, 5) is 50.4. The molecule has 3 aromatic carbocycles. The molecule has 2 aliphatic rings. The predicted octanol–water partition coefficient (Wildman–Crippen LogP) is 3.96. The molecule has 1 fully saturated rings. The number of carbonyl (C=O) groups is 4. The standard InChI is InChI=1S/C37H35F3N2O9/c38-36(39,40)23-48-32(45)16-13-24-11-14-25(15-12-24)35(47)49-29-21-26(34(46)42-18-17-31(44)41-19-20-43)22-30-33(29)51-37(50-30,27-7-3-1-4-8-27)28-9-5-2-6-10-28/h1-16,22,29-30,33,43H,17-21,23H2,(H,41,44)(H,42,46)/t29-,30-,33+/m1/s1. The Kier molecular flexibility index (Phi) is 12.0. The van der Waals surface area contributed by atoms with Crippen molar-refractivity contribution < 1.29 is 56.4 Å². The molecule has 1 saturated heterocycles. The van der Waals surface area contributed by atoms with Gasteiger partial charge in [0.15, 0.2) is 6.61 Å². The topological polar surface area (TPSA) is 149 Å². The second-order valence-corrected chi connectivity index (χ2v) is 11.6. The van der Waals surface area contributed by atoms with Crippen molar-refractivity contribution in [3.05, 3.63) is 125 Å². The Hall–Kier alpha value is -5.31. The van der Waals surface area contributed by atoms with E-state index in [4.69, 9.17) is 19.3 Å². The van der Waals surface area contributed by atoms with Gasteiger partial charge >= 0.3 is 18.1 Å². The second-order valence-electron chi connectivity index (χ2n) is 11.6. The average Bonchev–Trinajstić information content (AvgIpc) is 3.54. The quantitative estimate of drug-likeness (QED) is 0.177. The number of carbonyl (C=O) groups excluding carboxylic acids is 4. The van der Waals surface area contributed by atoms with Crippen LogP contribution in [0.2, 0.25) is 0 Å². The zero-order valence-corrected chi connectivity index (χ0v) is 27.1. The lowest BCUT2D eigenvalue weighted by Crippen LogP contribution is -2.44. The Balaban J connectivity index is 1.36. The van der Waals surface area contributed by atoms with E-state index in [1.165, 1.54) is 30.3 Å². The molecular formula is C37H35F3N2O9. The number of aliphatic hydroxyl groups is 1. The summed E-state index contributed by atoms with van der Waals surface area (Å²) in [5.74, 6) is -4.18. The monoisotopic (exact) mass is 708 g/mol. The molecule has 1 aliphatic carbocycles. The number of ether oxygens (including phenoxy) is 4. The van der Waals surface area contributed by atoms with Gasteiger partial charge in [0.25, 0.3) is 0 Å². The third kappa shape index (κ3) is 9.69. The number of halogens is 3. The Labute approximate surface area is 291 Å². The van der Waals surface area contributed by atoms with Crippen LogP contribution in [0, 0.1) is 0 Å². The zero-order valence-electron chi connectivity index (χ0n) is 27.1. The molecule has 0 saturated carbocycles. The molecular weight excluding hydrogens is 673 g/mol. The maximum atomic E-state index is 13.5. The minimum atomic E-state index is -4.65. The van der Waals surface area contributed by atoms with Gasteiger partial charge in [-0.2, -0.15) is 13.2 Å². The van der Waals surface area contributed by atoms with E-state index in [-0.39, 0.29) is 49.6 Å². The van der Waals surface area contributed by atoms with Crippen LogP contribution in [0.25, 0.3) is 6.08 Å². The Morgan fingerprint density at radius 1 is 0.882 bits per heavy atom. The third-order valence-corrected chi connectivity index (χ3v) is 7.95. The molecule has 0 spiro atoms. The van der Waals surface area contributed by atoms with E-state index in [0.29, 0.717) is 16.7 Å². The van der Waals surface area contributed by atoms with E-state index in [9.17, 15) is 32.3 Å². The summed E-state index contributed by atoms with van der Waals surface area (Å²) in [6.45, 7) is -1.82. The predicted molar refractivity (Wildman–Crippen MR) is 176 cm³/mol. The number of nitrogens with one attached hydrogen (secondary N) is 2. The molecule has 268 valence electrons. The largest absolute Gasteiger partial charge is 0.456 e. The Morgan fingerprint density at radius 2 is 1.53 bits per heavy atom. The Morgan fingerprint density at radius 3 is 2.14 bits per heavy atom. The van der Waals surface area contributed by atoms with Gasteiger partial charge in [-0.3, -0.25) is 9.59 Å². The maximum absolute atomic E-state index is 13.5. The highest BCUT2D eigenvalue weighted by atomic mass is 19.4. The van der Waals surface area contributed by atoms with E-state index in [0.717, 1.165) is 6.08 Å². The van der Waals surface area contributed by atoms with Crippen LogP contribution in [0.4, 0.5) is 13.2 Å². The summed E-state index contributed by atoms with van der Waals surface area (Å²) in [5.41, 5.74) is 2.13. The number of aliphatic hydroxyl groups excluding tert-OH is 1. The van der Waals surface area contributed by atoms with Crippen molar-refractivity contribution in [2.45, 2.75) is 43.1 Å². The van der Waals surface area contributed by atoms with Crippen LogP contribution in [-0.2, 0) is 39.1 Å². The van der Waals surface area contributed by atoms with E-state index in [1.54, 1.807) is 6.08 Å². The summed E-state index contributed by atoms with van der Waals surface area (Å²) in [7, 11) is 0. The van der Waals surface area contributed by atoms with Crippen LogP contribution in [0.1, 0.15) is 39.9 Å². The van der Waals surface area contributed by atoms with Crippen LogP contribution < -0.4 is 10.6 Å². The molecule has 1 aliphatic heterocycles. The first-order chi connectivity index (χ1) is 24.5. The number of fused-ring (bicyclic) bond motifs is 1. The first-order valence-corrected chi connectivity index (χ1v) is 16.0. The van der Waals surface area contributed by atoms with Crippen molar-refractivity contribution in [2.75, 3.05) is 26.3 Å². The van der Waals surface area contributed by atoms with Crippen LogP contribution >= 0.6 is 0 Å². The van der Waals surface area contributed by atoms with E-state index in [1.807, 2.05) is 60.7 Å². The highest BCUT2D eigenvalue weighted by Crippen LogP contribution is 2.47. The van der Waals surface area contributed by atoms with Crippen molar-refractivity contribution in [3.63, 3.8) is 0 Å². The number of esters is 2. The fraction of sp³-hybridized carbons (Fsp3) is 0.297. The molecule has 5 rings (SSSR count). The lowest BCUT2D eigenvalue weighted by molar-refractivity contribution is -0.182. The SMILES string of the molecule is O=C(CCNC(=O)C1=C[C@H]2OC(c3ccccc3)(c3ccccc3)O[C@H]2[C@H](OC(=O)c2ccc(C=CC(=O)OCC(F)(F)F)cc2)C1)NCCO. The minimum absolute atomic E-state index is 0.0160. The van der Waals surface area contributed by atoms with Gasteiger partial charge in [-0.25, -0.2) is 9.59 Å². The molecule has 2 amide bonds. The molecule has 51 heavy (non-hydrogen) atoms. The summed E-state index contributed by atoms with van der Waals surface area (Å²) < 4.78 is 60.4. The average molecular weight is 709 g/mol. The van der Waals surface area contributed by atoms with Crippen molar-refractivity contribution in [2.24, 2.45) is 0 Å². The van der Waals surface area contributed by atoms with E-state index in [2.05, 4.69) is 15.4 Å². The number of rotatable bonds is 13. The van der Waals surface area contributed by atoms with Crippen LogP contribution in [0.5, 0.6) is 0 Å². The number of benzene rings is 3. The van der Waals surface area contributed by atoms with Gasteiger partial charge in [0, 0.05) is 48.7 Å². The molecule has 0 bridgehead atoms. The fourth-order valence-corrected chi connectivity index (χ4v) is 5.58.